The molecular formula is C17H26N2O. The second-order valence-electron chi connectivity index (χ2n) is 6.17. The summed E-state index contributed by atoms with van der Waals surface area (Å²) in [5.41, 5.74) is 9.86. The second kappa shape index (κ2) is 6.15. The molecule has 2 atom stereocenters. The lowest BCUT2D eigenvalue weighted by atomic mass is 9.93. The highest BCUT2D eigenvalue weighted by Gasteiger charge is 2.29. The van der Waals surface area contributed by atoms with Gasteiger partial charge in [-0.1, -0.05) is 25.5 Å². The predicted octanol–water partition coefficient (Wildman–Crippen LogP) is 2.97. The number of hydrogen-bond donors (Lipinski definition) is 1. The lowest BCUT2D eigenvalue weighted by Crippen LogP contribution is -2.44. The van der Waals surface area contributed by atoms with Crippen LogP contribution in [0.4, 0.5) is 5.69 Å². The summed E-state index contributed by atoms with van der Waals surface area (Å²) in [6.07, 6.45) is 6.37. The molecule has 1 aromatic carbocycles. The van der Waals surface area contributed by atoms with Crippen LogP contribution in [0.25, 0.3) is 0 Å². The topological polar surface area (TPSA) is 38.5 Å². The van der Waals surface area contributed by atoms with Crippen LogP contribution in [0.15, 0.2) is 18.2 Å². The Kier molecular flexibility index (Phi) is 4.27. The number of nitrogen functional groups attached to an aromatic ring is 1. The molecule has 0 amide bonds. The van der Waals surface area contributed by atoms with Crippen molar-refractivity contribution in [3.63, 3.8) is 0 Å². The van der Waals surface area contributed by atoms with Crippen LogP contribution < -0.4 is 5.73 Å². The van der Waals surface area contributed by atoms with Crippen molar-refractivity contribution in [1.29, 1.82) is 0 Å². The summed E-state index contributed by atoms with van der Waals surface area (Å²) in [7, 11) is 0. The molecule has 3 rings (SSSR count). The van der Waals surface area contributed by atoms with E-state index in [1.807, 2.05) is 6.07 Å². The number of benzene rings is 1. The molecule has 2 unspecified atom stereocenters. The maximum Gasteiger partial charge on any atom is 0.0590 e. The Balaban J connectivity index is 1.67. The van der Waals surface area contributed by atoms with Crippen LogP contribution in [0.2, 0.25) is 0 Å². The van der Waals surface area contributed by atoms with Crippen LogP contribution in [0.1, 0.15) is 43.7 Å². The van der Waals surface area contributed by atoms with Gasteiger partial charge in [-0.3, -0.25) is 4.90 Å². The Morgan fingerprint density at radius 3 is 3.15 bits per heavy atom. The van der Waals surface area contributed by atoms with Gasteiger partial charge < -0.3 is 10.5 Å². The van der Waals surface area contributed by atoms with E-state index in [1.54, 1.807) is 0 Å². The normalized spacial score (nSPS) is 27.2. The van der Waals surface area contributed by atoms with Crippen molar-refractivity contribution in [3.05, 3.63) is 29.3 Å². The molecule has 0 spiro atoms. The summed E-state index contributed by atoms with van der Waals surface area (Å²) in [4.78, 5) is 2.65. The van der Waals surface area contributed by atoms with Gasteiger partial charge in [0, 0.05) is 31.4 Å². The predicted molar refractivity (Wildman–Crippen MR) is 82.6 cm³/mol. The third-order valence-electron chi connectivity index (χ3n) is 4.80. The molecule has 0 radical (unpaired) electrons. The molecule has 2 heterocycles. The van der Waals surface area contributed by atoms with E-state index in [1.165, 1.54) is 36.8 Å². The Morgan fingerprint density at radius 1 is 1.40 bits per heavy atom. The fourth-order valence-corrected chi connectivity index (χ4v) is 3.69. The van der Waals surface area contributed by atoms with Crippen LogP contribution >= 0.6 is 0 Å². The first-order valence-electron chi connectivity index (χ1n) is 7.99. The molecule has 20 heavy (non-hydrogen) atoms. The first kappa shape index (κ1) is 13.9. The number of fused-ring (bicyclic) bond motifs is 1. The highest BCUT2D eigenvalue weighted by Crippen LogP contribution is 2.29. The van der Waals surface area contributed by atoms with Gasteiger partial charge in [0.25, 0.3) is 0 Å². The molecule has 0 aromatic heterocycles. The summed E-state index contributed by atoms with van der Waals surface area (Å²) >= 11 is 0. The van der Waals surface area contributed by atoms with E-state index >= 15 is 0 Å². The van der Waals surface area contributed by atoms with Gasteiger partial charge in [0.15, 0.2) is 0 Å². The number of ether oxygens (including phenoxy) is 1. The van der Waals surface area contributed by atoms with Gasteiger partial charge in [-0.2, -0.15) is 0 Å². The maximum atomic E-state index is 6.09. The minimum Gasteiger partial charge on any atom is -0.398 e. The molecular weight excluding hydrogens is 248 g/mol. The van der Waals surface area contributed by atoms with Gasteiger partial charge in [-0.25, -0.2) is 0 Å². The van der Waals surface area contributed by atoms with Crippen LogP contribution in [-0.2, 0) is 17.7 Å². The van der Waals surface area contributed by atoms with Gasteiger partial charge in [0.2, 0.25) is 0 Å². The van der Waals surface area contributed by atoms with Gasteiger partial charge in [-0.15, -0.1) is 0 Å². The summed E-state index contributed by atoms with van der Waals surface area (Å²) in [6, 6.07) is 7.04. The highest BCUT2D eigenvalue weighted by molar-refractivity contribution is 5.51. The van der Waals surface area contributed by atoms with Crippen molar-refractivity contribution in [2.75, 3.05) is 18.9 Å². The first-order chi connectivity index (χ1) is 9.78. The fraction of sp³-hybridized carbons (Fsp3) is 0.647. The van der Waals surface area contributed by atoms with E-state index in [-0.39, 0.29) is 0 Å². The Bertz CT molecular complexity index is 458. The number of nitrogens with zero attached hydrogens (tertiary/aromatic N) is 1. The van der Waals surface area contributed by atoms with E-state index in [0.29, 0.717) is 12.1 Å². The van der Waals surface area contributed by atoms with E-state index in [9.17, 15) is 0 Å². The molecule has 2 aliphatic rings. The number of anilines is 1. The summed E-state index contributed by atoms with van der Waals surface area (Å²) < 4.78 is 5.88. The lowest BCUT2D eigenvalue weighted by Gasteiger charge is -2.40. The molecule has 110 valence electrons. The zero-order chi connectivity index (χ0) is 13.9. The molecule has 1 saturated heterocycles. The average molecular weight is 274 g/mol. The van der Waals surface area contributed by atoms with E-state index in [4.69, 9.17) is 10.5 Å². The minimum absolute atomic E-state index is 0.473. The summed E-state index contributed by atoms with van der Waals surface area (Å²) in [5, 5.41) is 0. The van der Waals surface area contributed by atoms with Crippen molar-refractivity contribution in [3.8, 4) is 0 Å². The summed E-state index contributed by atoms with van der Waals surface area (Å²) in [5.74, 6) is 0. The number of nitrogens with two attached hydrogens (primary N) is 1. The molecule has 2 N–H and O–H groups in total. The zero-order valence-corrected chi connectivity index (χ0v) is 12.5. The minimum atomic E-state index is 0.473. The van der Waals surface area contributed by atoms with Crippen LogP contribution in [-0.4, -0.2) is 30.2 Å². The Morgan fingerprint density at radius 2 is 2.30 bits per heavy atom. The highest BCUT2D eigenvalue weighted by atomic mass is 16.5. The van der Waals surface area contributed by atoms with Crippen molar-refractivity contribution < 1.29 is 4.74 Å². The molecule has 0 aliphatic carbocycles. The molecule has 3 nitrogen and oxygen atoms in total. The molecule has 1 fully saturated rings. The first-order valence-corrected chi connectivity index (χ1v) is 7.99. The molecule has 0 bridgehead atoms. The van der Waals surface area contributed by atoms with E-state index < -0.39 is 0 Å². The Hall–Kier alpha value is -1.06. The smallest absolute Gasteiger partial charge is 0.0590 e. The Labute approximate surface area is 122 Å². The quantitative estimate of drug-likeness (QED) is 0.861. The van der Waals surface area contributed by atoms with Crippen LogP contribution in [0, 0.1) is 0 Å². The fourth-order valence-electron chi connectivity index (χ4n) is 3.69. The van der Waals surface area contributed by atoms with Gasteiger partial charge in [-0.05, 0) is 42.9 Å². The lowest BCUT2D eigenvalue weighted by molar-refractivity contribution is -0.0336. The molecule has 2 aliphatic heterocycles. The third kappa shape index (κ3) is 2.84. The monoisotopic (exact) mass is 274 g/mol. The van der Waals surface area contributed by atoms with Gasteiger partial charge >= 0.3 is 0 Å². The van der Waals surface area contributed by atoms with Gasteiger partial charge in [0.05, 0.1) is 6.10 Å². The molecule has 1 aromatic rings. The van der Waals surface area contributed by atoms with Crippen molar-refractivity contribution in [1.82, 2.24) is 4.90 Å². The van der Waals surface area contributed by atoms with Crippen molar-refractivity contribution in [2.24, 2.45) is 0 Å². The SMILES string of the molecule is CCCC1CC(N2CCc3c(N)cccc3C2)CCO1. The zero-order valence-electron chi connectivity index (χ0n) is 12.5. The van der Waals surface area contributed by atoms with E-state index in [0.717, 1.165) is 31.8 Å². The van der Waals surface area contributed by atoms with E-state index in [2.05, 4.69) is 24.0 Å². The largest absolute Gasteiger partial charge is 0.398 e. The van der Waals surface area contributed by atoms with Crippen LogP contribution in [0.3, 0.4) is 0 Å². The standard InChI is InChI=1S/C17H26N2O/c1-2-4-15-11-14(8-10-20-15)19-9-7-16-13(12-19)5-3-6-17(16)18/h3,5-6,14-15H,2,4,7-12,18H2,1H3. The third-order valence-corrected chi connectivity index (χ3v) is 4.80. The van der Waals surface area contributed by atoms with Crippen molar-refractivity contribution in [2.45, 2.75) is 57.7 Å². The number of rotatable bonds is 3. The van der Waals surface area contributed by atoms with Crippen LogP contribution in [0.5, 0.6) is 0 Å². The maximum absolute atomic E-state index is 6.09. The molecule has 3 heteroatoms. The second-order valence-corrected chi connectivity index (χ2v) is 6.17. The van der Waals surface area contributed by atoms with Gasteiger partial charge in [0.1, 0.15) is 0 Å². The summed E-state index contributed by atoms with van der Waals surface area (Å²) in [6.45, 7) is 5.37. The average Bonchev–Trinajstić information content (AvgIpc) is 2.48. The molecule has 0 saturated carbocycles. The van der Waals surface area contributed by atoms with Crippen molar-refractivity contribution >= 4 is 5.69 Å². The number of hydrogen-bond acceptors (Lipinski definition) is 3.